The second-order valence-corrected chi connectivity index (χ2v) is 5.47. The average Bonchev–Trinajstić information content (AvgIpc) is 2.34. The van der Waals surface area contributed by atoms with Crippen molar-refractivity contribution in [2.75, 3.05) is 26.7 Å². The van der Waals surface area contributed by atoms with Crippen molar-refractivity contribution in [3.05, 3.63) is 0 Å². The first-order valence-corrected chi connectivity index (χ1v) is 6.33. The van der Waals surface area contributed by atoms with Crippen molar-refractivity contribution in [2.24, 2.45) is 5.41 Å². The SMILES string of the molecule is CN1CCN(CCCCC(C)(C)C#N)C(=O)C1=O. The molecule has 2 amide bonds. The van der Waals surface area contributed by atoms with Crippen LogP contribution >= 0.6 is 0 Å². The van der Waals surface area contributed by atoms with Crippen LogP contribution in [0.3, 0.4) is 0 Å². The average molecular weight is 251 g/mol. The van der Waals surface area contributed by atoms with E-state index < -0.39 is 11.8 Å². The molecule has 1 saturated heterocycles. The van der Waals surface area contributed by atoms with Crippen LogP contribution in [0.25, 0.3) is 0 Å². The third kappa shape index (κ3) is 3.73. The summed E-state index contributed by atoms with van der Waals surface area (Å²) in [6.45, 7) is 5.66. The summed E-state index contributed by atoms with van der Waals surface area (Å²) in [4.78, 5) is 26.2. The van der Waals surface area contributed by atoms with Gasteiger partial charge in [0, 0.05) is 26.7 Å². The van der Waals surface area contributed by atoms with Gasteiger partial charge in [-0.05, 0) is 26.7 Å². The summed E-state index contributed by atoms with van der Waals surface area (Å²) in [5.41, 5.74) is -0.304. The summed E-state index contributed by atoms with van der Waals surface area (Å²) in [5.74, 6) is -0.818. The van der Waals surface area contributed by atoms with Crippen molar-refractivity contribution in [1.82, 2.24) is 9.80 Å². The van der Waals surface area contributed by atoms with Gasteiger partial charge in [-0.15, -0.1) is 0 Å². The number of nitriles is 1. The first kappa shape index (κ1) is 14.5. The first-order chi connectivity index (χ1) is 8.37. The van der Waals surface area contributed by atoms with Crippen LogP contribution in [-0.2, 0) is 9.59 Å². The largest absolute Gasteiger partial charge is 0.336 e. The molecule has 0 saturated carbocycles. The fourth-order valence-corrected chi connectivity index (χ4v) is 1.91. The highest BCUT2D eigenvalue weighted by molar-refractivity contribution is 6.35. The Balaban J connectivity index is 2.31. The molecule has 0 aromatic carbocycles. The molecule has 1 heterocycles. The van der Waals surface area contributed by atoms with Gasteiger partial charge in [0.15, 0.2) is 0 Å². The Labute approximate surface area is 108 Å². The van der Waals surface area contributed by atoms with Crippen LogP contribution in [0.15, 0.2) is 0 Å². The van der Waals surface area contributed by atoms with Crippen LogP contribution in [0.5, 0.6) is 0 Å². The zero-order valence-corrected chi connectivity index (χ0v) is 11.4. The number of rotatable bonds is 5. The highest BCUT2D eigenvalue weighted by atomic mass is 16.2. The lowest BCUT2D eigenvalue weighted by atomic mass is 9.89. The molecule has 1 aliphatic heterocycles. The van der Waals surface area contributed by atoms with Gasteiger partial charge in [0.05, 0.1) is 11.5 Å². The van der Waals surface area contributed by atoms with Gasteiger partial charge in [0.25, 0.3) is 0 Å². The number of nitrogens with zero attached hydrogens (tertiary/aromatic N) is 3. The van der Waals surface area contributed by atoms with E-state index in [2.05, 4.69) is 6.07 Å². The van der Waals surface area contributed by atoms with Gasteiger partial charge in [0.1, 0.15) is 0 Å². The van der Waals surface area contributed by atoms with Crippen LogP contribution in [0.1, 0.15) is 33.1 Å². The summed E-state index contributed by atoms with van der Waals surface area (Å²) >= 11 is 0. The molecule has 100 valence electrons. The number of carbonyl (C=O) groups is 2. The van der Waals surface area contributed by atoms with E-state index in [1.165, 1.54) is 4.90 Å². The predicted octanol–water partition coefficient (Wildman–Crippen LogP) is 1.01. The molecule has 0 bridgehead atoms. The number of likely N-dealkylation sites (N-methyl/N-ethyl adjacent to an activating group) is 1. The Bertz CT molecular complexity index is 371. The second-order valence-electron chi connectivity index (χ2n) is 5.47. The lowest BCUT2D eigenvalue weighted by Gasteiger charge is -2.31. The van der Waals surface area contributed by atoms with Gasteiger partial charge in [-0.1, -0.05) is 6.42 Å². The van der Waals surface area contributed by atoms with E-state index >= 15 is 0 Å². The predicted molar refractivity (Wildman–Crippen MR) is 67.5 cm³/mol. The van der Waals surface area contributed by atoms with Crippen molar-refractivity contribution >= 4 is 11.8 Å². The Morgan fingerprint density at radius 3 is 2.50 bits per heavy atom. The Hall–Kier alpha value is -1.57. The van der Waals surface area contributed by atoms with Crippen LogP contribution in [0, 0.1) is 16.7 Å². The zero-order chi connectivity index (χ0) is 13.8. The van der Waals surface area contributed by atoms with Crippen LogP contribution in [0.4, 0.5) is 0 Å². The summed E-state index contributed by atoms with van der Waals surface area (Å²) in [6.07, 6.45) is 2.56. The minimum absolute atomic E-state index is 0.304. The lowest BCUT2D eigenvalue weighted by Crippen LogP contribution is -2.52. The molecule has 18 heavy (non-hydrogen) atoms. The Morgan fingerprint density at radius 1 is 1.22 bits per heavy atom. The molecule has 0 radical (unpaired) electrons. The third-order valence-electron chi connectivity index (χ3n) is 3.30. The van der Waals surface area contributed by atoms with Gasteiger partial charge in [-0.3, -0.25) is 9.59 Å². The quantitative estimate of drug-likeness (QED) is 0.541. The van der Waals surface area contributed by atoms with Crippen molar-refractivity contribution in [3.63, 3.8) is 0 Å². The van der Waals surface area contributed by atoms with Gasteiger partial charge in [-0.2, -0.15) is 5.26 Å². The van der Waals surface area contributed by atoms with E-state index in [1.807, 2.05) is 13.8 Å². The maximum Gasteiger partial charge on any atom is 0.312 e. The Kier molecular flexibility index (Phi) is 4.71. The van der Waals surface area contributed by atoms with Gasteiger partial charge in [-0.25, -0.2) is 0 Å². The molecule has 1 fully saturated rings. The molecular formula is C13H21N3O2. The normalized spacial score (nSPS) is 17.0. The molecule has 0 N–H and O–H groups in total. The first-order valence-electron chi connectivity index (χ1n) is 6.33. The molecule has 0 spiro atoms. The highest BCUT2D eigenvalue weighted by Gasteiger charge is 2.29. The molecular weight excluding hydrogens is 230 g/mol. The second kappa shape index (κ2) is 5.85. The summed E-state index contributed by atoms with van der Waals surface area (Å²) in [6, 6.07) is 2.26. The molecule has 0 unspecified atom stereocenters. The van der Waals surface area contributed by atoms with Crippen molar-refractivity contribution in [3.8, 4) is 6.07 Å². The van der Waals surface area contributed by atoms with Gasteiger partial charge in [0.2, 0.25) is 0 Å². The Morgan fingerprint density at radius 2 is 1.89 bits per heavy atom. The molecule has 5 heteroatoms. The number of amides is 2. The molecule has 0 atom stereocenters. The fraction of sp³-hybridized carbons (Fsp3) is 0.769. The maximum atomic E-state index is 11.7. The number of hydrogen-bond donors (Lipinski definition) is 0. The molecule has 1 aliphatic rings. The van der Waals surface area contributed by atoms with Crippen LogP contribution in [0.2, 0.25) is 0 Å². The van der Waals surface area contributed by atoms with Crippen LogP contribution < -0.4 is 0 Å². The van der Waals surface area contributed by atoms with E-state index in [0.717, 1.165) is 19.3 Å². The van der Waals surface area contributed by atoms with E-state index in [9.17, 15) is 9.59 Å². The number of hydrogen-bond acceptors (Lipinski definition) is 3. The monoisotopic (exact) mass is 251 g/mol. The molecule has 5 nitrogen and oxygen atoms in total. The highest BCUT2D eigenvalue weighted by Crippen LogP contribution is 2.21. The maximum absolute atomic E-state index is 11.7. The van der Waals surface area contributed by atoms with Gasteiger partial charge < -0.3 is 9.80 Å². The summed E-state index contributed by atoms with van der Waals surface area (Å²) in [7, 11) is 1.65. The summed E-state index contributed by atoms with van der Waals surface area (Å²) in [5, 5.41) is 8.88. The van der Waals surface area contributed by atoms with E-state index in [4.69, 9.17) is 5.26 Å². The summed E-state index contributed by atoms with van der Waals surface area (Å²) < 4.78 is 0. The topological polar surface area (TPSA) is 64.4 Å². The fourth-order valence-electron chi connectivity index (χ4n) is 1.91. The minimum Gasteiger partial charge on any atom is -0.336 e. The standard InChI is InChI=1S/C13H21N3O2/c1-13(2,10-14)6-4-5-7-16-9-8-15(3)11(17)12(16)18/h4-9H2,1-3H3. The number of carbonyl (C=O) groups excluding carboxylic acids is 2. The van der Waals surface area contributed by atoms with Crippen molar-refractivity contribution < 1.29 is 9.59 Å². The zero-order valence-electron chi connectivity index (χ0n) is 11.4. The molecule has 0 aliphatic carbocycles. The minimum atomic E-state index is -0.418. The van der Waals surface area contributed by atoms with E-state index in [1.54, 1.807) is 11.9 Å². The molecule has 0 aromatic rings. The third-order valence-corrected chi connectivity index (χ3v) is 3.30. The van der Waals surface area contributed by atoms with Crippen molar-refractivity contribution in [1.29, 1.82) is 5.26 Å². The lowest BCUT2D eigenvalue weighted by molar-refractivity contribution is -0.154. The van der Waals surface area contributed by atoms with Crippen molar-refractivity contribution in [2.45, 2.75) is 33.1 Å². The number of unbranched alkanes of at least 4 members (excludes halogenated alkanes) is 1. The van der Waals surface area contributed by atoms with Crippen LogP contribution in [-0.4, -0.2) is 48.3 Å². The van der Waals surface area contributed by atoms with Gasteiger partial charge >= 0.3 is 11.8 Å². The molecule has 1 rings (SSSR count). The molecule has 0 aromatic heterocycles. The number of piperazine rings is 1. The smallest absolute Gasteiger partial charge is 0.312 e. The van der Waals surface area contributed by atoms with E-state index in [-0.39, 0.29) is 5.41 Å². The van der Waals surface area contributed by atoms with E-state index in [0.29, 0.717) is 19.6 Å².